The molecule has 2 aromatic carbocycles. The summed E-state index contributed by atoms with van der Waals surface area (Å²) in [4.78, 5) is 53.6. The maximum absolute atomic E-state index is 13.7. The van der Waals surface area contributed by atoms with Crippen molar-refractivity contribution >= 4 is 62.2 Å². The number of nitrogens with zero attached hydrogens (tertiary/aromatic N) is 5. The molecule has 0 spiro atoms. The van der Waals surface area contributed by atoms with Crippen molar-refractivity contribution in [3.8, 4) is 17.6 Å². The predicted octanol–water partition coefficient (Wildman–Crippen LogP) is 6.19. The molecule has 0 unspecified atom stereocenters. The first-order valence-corrected chi connectivity index (χ1v) is 17.0. The molecule has 0 radical (unpaired) electrons. The maximum Gasteiger partial charge on any atom is 0.331 e. The summed E-state index contributed by atoms with van der Waals surface area (Å²) >= 11 is 1.20. The van der Waals surface area contributed by atoms with E-state index in [4.69, 9.17) is 9.47 Å². The summed E-state index contributed by atoms with van der Waals surface area (Å²) in [6, 6.07) is 18.0. The molecule has 2 saturated heterocycles. The highest BCUT2D eigenvalue weighted by molar-refractivity contribution is 7.21. The largest absolute Gasteiger partial charge is 0.457 e. The summed E-state index contributed by atoms with van der Waals surface area (Å²) in [5, 5.41) is 16.4. The van der Waals surface area contributed by atoms with Crippen LogP contribution in [0.3, 0.4) is 0 Å². The molecular formula is C36H35N7O5S. The van der Waals surface area contributed by atoms with Crippen LogP contribution in [0.4, 0.5) is 21.9 Å². The highest BCUT2D eigenvalue weighted by Gasteiger charge is 2.35. The fourth-order valence-corrected chi connectivity index (χ4v) is 7.44. The van der Waals surface area contributed by atoms with Gasteiger partial charge in [0.05, 0.1) is 35.7 Å². The molecule has 2 N–H and O–H groups in total. The molecule has 0 saturated carbocycles. The van der Waals surface area contributed by atoms with E-state index in [9.17, 15) is 19.6 Å². The Morgan fingerprint density at radius 1 is 1.18 bits per heavy atom. The minimum atomic E-state index is -0.426. The number of thiophene rings is 1. The summed E-state index contributed by atoms with van der Waals surface area (Å²) in [6.07, 6.45) is 3.70. The monoisotopic (exact) mass is 677 g/mol. The number of carbonyl (C=O) groups is 3. The predicted molar refractivity (Wildman–Crippen MR) is 187 cm³/mol. The molecule has 13 heteroatoms. The van der Waals surface area contributed by atoms with Crippen molar-refractivity contribution in [2.75, 3.05) is 43.1 Å². The van der Waals surface area contributed by atoms with Gasteiger partial charge in [0, 0.05) is 37.3 Å². The van der Waals surface area contributed by atoms with E-state index >= 15 is 0 Å². The van der Waals surface area contributed by atoms with Crippen molar-refractivity contribution < 1.29 is 23.9 Å². The van der Waals surface area contributed by atoms with Gasteiger partial charge >= 0.3 is 6.03 Å². The normalized spacial score (nSPS) is 18.3. The first-order valence-electron chi connectivity index (χ1n) is 16.2. The molecule has 250 valence electrons. The fraction of sp³-hybridized carbons (Fsp3) is 0.333. The Balaban J connectivity index is 1.07. The third-order valence-corrected chi connectivity index (χ3v) is 10.2. The lowest BCUT2D eigenvalue weighted by Crippen LogP contribution is -2.51. The quantitative estimate of drug-likeness (QED) is 0.201. The number of anilines is 3. The maximum atomic E-state index is 13.7. The number of para-hydroxylation sites is 1. The molecule has 5 heterocycles. The van der Waals surface area contributed by atoms with Crippen LogP contribution in [0, 0.1) is 23.7 Å². The molecule has 12 nitrogen and oxygen atoms in total. The highest BCUT2D eigenvalue weighted by atomic mass is 32.1. The second-order valence-corrected chi connectivity index (χ2v) is 13.9. The molecule has 0 bridgehead atoms. The summed E-state index contributed by atoms with van der Waals surface area (Å²) in [6.45, 7) is 6.44. The van der Waals surface area contributed by atoms with Crippen LogP contribution < -0.4 is 20.3 Å². The minimum Gasteiger partial charge on any atom is -0.457 e. The van der Waals surface area contributed by atoms with Crippen LogP contribution in [0.2, 0.25) is 0 Å². The van der Waals surface area contributed by atoms with Gasteiger partial charge in [-0.1, -0.05) is 25.1 Å². The zero-order chi connectivity index (χ0) is 34.1. The Morgan fingerprint density at radius 3 is 2.73 bits per heavy atom. The fourth-order valence-electron chi connectivity index (χ4n) is 6.41. The third-order valence-electron chi connectivity index (χ3n) is 9.08. The summed E-state index contributed by atoms with van der Waals surface area (Å²) < 4.78 is 11.3. The van der Waals surface area contributed by atoms with Crippen molar-refractivity contribution in [3.05, 3.63) is 71.2 Å². The number of hydrogen-bond acceptors (Lipinski definition) is 9. The number of likely N-dealkylation sites (tertiary alicyclic amines) is 1. The van der Waals surface area contributed by atoms with E-state index in [1.165, 1.54) is 11.3 Å². The van der Waals surface area contributed by atoms with Gasteiger partial charge in [-0.3, -0.25) is 19.5 Å². The first kappa shape index (κ1) is 32.2. The van der Waals surface area contributed by atoms with Crippen LogP contribution in [0.15, 0.2) is 65.8 Å². The number of aliphatic imine (C=N–C) groups is 1. The molecule has 1 atom stereocenters. The number of urea groups is 1. The van der Waals surface area contributed by atoms with Crippen LogP contribution in [0.1, 0.15) is 41.4 Å². The van der Waals surface area contributed by atoms with E-state index in [0.717, 1.165) is 12.0 Å². The Bertz CT molecular complexity index is 2020. The molecule has 4 aromatic rings. The van der Waals surface area contributed by atoms with E-state index in [1.54, 1.807) is 22.1 Å². The van der Waals surface area contributed by atoms with E-state index in [-0.39, 0.29) is 29.6 Å². The lowest BCUT2D eigenvalue weighted by Gasteiger charge is -2.37. The zero-order valence-electron chi connectivity index (χ0n) is 27.2. The van der Waals surface area contributed by atoms with Gasteiger partial charge in [0.1, 0.15) is 27.3 Å². The van der Waals surface area contributed by atoms with E-state index < -0.39 is 11.9 Å². The van der Waals surface area contributed by atoms with Crippen LogP contribution in [-0.2, 0) is 9.53 Å². The molecule has 4 amide bonds. The van der Waals surface area contributed by atoms with Crippen molar-refractivity contribution in [1.29, 1.82) is 5.26 Å². The van der Waals surface area contributed by atoms with E-state index in [0.29, 0.717) is 82.8 Å². The zero-order valence-corrected chi connectivity index (χ0v) is 28.0. The summed E-state index contributed by atoms with van der Waals surface area (Å²) in [5.74, 6) is 0.571. The number of carbonyl (C=O) groups excluding carboxylic acids is 3. The lowest BCUT2D eigenvalue weighted by atomic mass is 9.85. The Kier molecular flexibility index (Phi) is 8.75. The van der Waals surface area contributed by atoms with Crippen LogP contribution >= 0.6 is 11.3 Å². The van der Waals surface area contributed by atoms with Crippen molar-refractivity contribution in [3.63, 3.8) is 0 Å². The summed E-state index contributed by atoms with van der Waals surface area (Å²) in [5.41, 5.74) is 2.45. The number of nitriles is 1. The molecule has 7 rings (SSSR count). The van der Waals surface area contributed by atoms with Crippen molar-refractivity contribution in [2.24, 2.45) is 10.4 Å². The number of aromatic nitrogens is 1. The molecular weight excluding hydrogens is 643 g/mol. The number of amides is 4. The molecule has 0 aliphatic carbocycles. The lowest BCUT2D eigenvalue weighted by molar-refractivity contribution is -0.125. The van der Waals surface area contributed by atoms with Crippen molar-refractivity contribution in [2.45, 2.75) is 39.2 Å². The topological polar surface area (TPSA) is 149 Å². The Hall–Kier alpha value is -5.32. The number of piperidine rings is 1. The first-order chi connectivity index (χ1) is 23.7. The number of rotatable bonds is 9. The van der Waals surface area contributed by atoms with Crippen molar-refractivity contribution in [1.82, 2.24) is 15.2 Å². The molecule has 2 fully saturated rings. The van der Waals surface area contributed by atoms with Gasteiger partial charge < -0.3 is 25.0 Å². The number of pyridine rings is 1. The van der Waals surface area contributed by atoms with Gasteiger partial charge in [0.15, 0.2) is 0 Å². The number of ether oxygens (including phenoxy) is 2. The molecule has 49 heavy (non-hydrogen) atoms. The van der Waals surface area contributed by atoms with Gasteiger partial charge in [0.25, 0.3) is 11.8 Å². The second-order valence-electron chi connectivity index (χ2n) is 12.9. The summed E-state index contributed by atoms with van der Waals surface area (Å²) in [7, 11) is 0. The van der Waals surface area contributed by atoms with Crippen LogP contribution in [0.5, 0.6) is 11.5 Å². The Labute approximate surface area is 287 Å². The SMILES string of the molecule is Cc1cc(Oc2ccccc2)ccc1N1C(=O)Nc2c(C(=O)N[C@@H]3CCCN(C(=O)C(C#N)=NCCC4(C)COC4)C3)sc3nccc1c23. The Morgan fingerprint density at radius 2 is 2.00 bits per heavy atom. The second kappa shape index (κ2) is 13.3. The number of aryl methyl sites for hydroxylation is 1. The highest BCUT2D eigenvalue weighted by Crippen LogP contribution is 2.46. The van der Waals surface area contributed by atoms with Gasteiger partial charge in [-0.25, -0.2) is 9.78 Å². The van der Waals surface area contributed by atoms with E-state index in [1.807, 2.05) is 61.5 Å². The van der Waals surface area contributed by atoms with Crippen LogP contribution in [-0.4, -0.2) is 72.3 Å². The molecule has 2 aromatic heterocycles. The third kappa shape index (κ3) is 6.45. The molecule has 3 aliphatic rings. The average molecular weight is 678 g/mol. The number of hydrogen-bond donors (Lipinski definition) is 2. The average Bonchev–Trinajstić information content (AvgIpc) is 3.46. The van der Waals surface area contributed by atoms with Gasteiger partial charge in [-0.15, -0.1) is 11.3 Å². The smallest absolute Gasteiger partial charge is 0.331 e. The number of nitrogens with one attached hydrogen (secondary N) is 2. The van der Waals surface area contributed by atoms with Crippen LogP contribution in [0.25, 0.3) is 10.2 Å². The standard InChI is InChI=1S/C36H35N7O5S/c1-22-17-25(48-24-8-4-3-5-9-24)10-11-27(22)43-28-12-14-39-33-29(28)30(41-35(43)46)31(49-33)32(44)40-23-7-6-16-42(19-23)34(45)26(18-37)38-15-13-36(2)20-47-21-36/h3-5,8-12,14,17,23H,6-7,13,15-16,19-21H2,1-2H3,(H,40,44)(H,41,46)/t23-/m1/s1. The number of benzene rings is 2. The minimum absolute atomic E-state index is 0.0379. The molecule has 3 aliphatic heterocycles. The van der Waals surface area contributed by atoms with Gasteiger partial charge in [-0.05, 0) is 68.1 Å². The van der Waals surface area contributed by atoms with E-state index in [2.05, 4.69) is 27.5 Å². The van der Waals surface area contributed by atoms with Gasteiger partial charge in [-0.2, -0.15) is 5.26 Å². The van der Waals surface area contributed by atoms with Gasteiger partial charge in [0.2, 0.25) is 5.71 Å².